The molecule has 2 aliphatic rings. The summed E-state index contributed by atoms with van der Waals surface area (Å²) in [5.41, 5.74) is 1.17. The number of benzene rings is 2. The van der Waals surface area contributed by atoms with Crippen LogP contribution in [0.5, 0.6) is 5.75 Å². The predicted molar refractivity (Wildman–Crippen MR) is 125 cm³/mol. The van der Waals surface area contributed by atoms with Gasteiger partial charge in [0.2, 0.25) is 10.0 Å². The number of methoxy groups -OCH3 is 1. The molecule has 2 aromatic carbocycles. The van der Waals surface area contributed by atoms with Crippen LogP contribution in [0.15, 0.2) is 47.4 Å². The van der Waals surface area contributed by atoms with Crippen LogP contribution in [0.2, 0.25) is 0 Å². The highest BCUT2D eigenvalue weighted by molar-refractivity contribution is 7.89. The highest BCUT2D eigenvalue weighted by Gasteiger charge is 2.35. The Morgan fingerprint density at radius 3 is 2.70 bits per heavy atom. The number of morpholine rings is 1. The van der Waals surface area contributed by atoms with Crippen LogP contribution in [-0.4, -0.2) is 68.5 Å². The maximum absolute atomic E-state index is 13.7. The molecule has 1 aromatic heterocycles. The average molecular weight is 488 g/mol. The Kier molecular flexibility index (Phi) is 6.09. The highest BCUT2D eigenvalue weighted by Crippen LogP contribution is 2.38. The van der Waals surface area contributed by atoms with E-state index in [-0.39, 0.29) is 22.4 Å². The van der Waals surface area contributed by atoms with Crippen LogP contribution in [0.3, 0.4) is 0 Å². The maximum Gasteiger partial charge on any atom is 0.258 e. The number of fused-ring (bicyclic) bond motifs is 1. The number of nitrogens with zero attached hydrogens (tertiary/aromatic N) is 3. The van der Waals surface area contributed by atoms with Crippen LogP contribution in [0, 0.1) is 0 Å². The van der Waals surface area contributed by atoms with E-state index in [0.29, 0.717) is 38.6 Å². The Balaban J connectivity index is 1.48. The number of carbonyl (C=O) groups excluding carboxylic acids is 1. The lowest BCUT2D eigenvalue weighted by molar-refractivity contribution is 0.0726. The van der Waals surface area contributed by atoms with Gasteiger partial charge in [-0.3, -0.25) is 4.79 Å². The molecule has 2 aliphatic heterocycles. The number of ether oxygens (including phenoxy) is 2. The fourth-order valence-electron chi connectivity index (χ4n) is 4.40. The van der Waals surface area contributed by atoms with Crippen molar-refractivity contribution < 1.29 is 22.7 Å². The van der Waals surface area contributed by atoms with Crippen LogP contribution in [0.4, 0.5) is 0 Å². The summed E-state index contributed by atoms with van der Waals surface area (Å²) >= 11 is 1.60. The summed E-state index contributed by atoms with van der Waals surface area (Å²) in [5.74, 6) is 0.114. The number of hydrogen-bond donors (Lipinski definition) is 0. The first-order valence-electron chi connectivity index (χ1n) is 10.9. The molecule has 5 rings (SSSR count). The molecule has 1 amide bonds. The van der Waals surface area contributed by atoms with Gasteiger partial charge >= 0.3 is 0 Å². The van der Waals surface area contributed by atoms with Crippen molar-refractivity contribution in [2.45, 2.75) is 23.8 Å². The van der Waals surface area contributed by atoms with Gasteiger partial charge in [-0.25, -0.2) is 13.4 Å². The number of likely N-dealkylation sites (tertiary alicyclic amines) is 1. The van der Waals surface area contributed by atoms with Crippen LogP contribution < -0.4 is 4.74 Å². The molecule has 0 aliphatic carbocycles. The van der Waals surface area contributed by atoms with Crippen molar-refractivity contribution in [3.63, 3.8) is 0 Å². The second-order valence-corrected chi connectivity index (χ2v) is 11.1. The number of para-hydroxylation sites is 1. The number of amides is 1. The molecule has 3 aromatic rings. The first kappa shape index (κ1) is 22.3. The van der Waals surface area contributed by atoms with E-state index in [9.17, 15) is 13.2 Å². The summed E-state index contributed by atoms with van der Waals surface area (Å²) in [7, 11) is -2.25. The molecular formula is C23H25N3O5S2. The molecule has 33 heavy (non-hydrogen) atoms. The van der Waals surface area contributed by atoms with Crippen LogP contribution >= 0.6 is 11.3 Å². The minimum Gasteiger partial charge on any atom is -0.496 e. The summed E-state index contributed by atoms with van der Waals surface area (Å²) in [6.07, 6.45) is 1.68. The van der Waals surface area contributed by atoms with Crippen LogP contribution in [0.1, 0.15) is 34.2 Å². The van der Waals surface area contributed by atoms with Crippen LogP contribution in [-0.2, 0) is 14.8 Å². The number of rotatable bonds is 5. The number of hydrogen-bond acceptors (Lipinski definition) is 7. The normalized spacial score (nSPS) is 19.8. The molecule has 10 heteroatoms. The minimum atomic E-state index is -3.73. The average Bonchev–Trinajstić information content (AvgIpc) is 3.50. The van der Waals surface area contributed by atoms with Gasteiger partial charge in [0, 0.05) is 19.6 Å². The Morgan fingerprint density at radius 1 is 1.15 bits per heavy atom. The van der Waals surface area contributed by atoms with Gasteiger partial charge in [-0.15, -0.1) is 11.3 Å². The van der Waals surface area contributed by atoms with E-state index < -0.39 is 10.0 Å². The van der Waals surface area contributed by atoms with Gasteiger partial charge in [0.15, 0.2) is 0 Å². The maximum atomic E-state index is 13.7. The van der Waals surface area contributed by atoms with E-state index in [4.69, 9.17) is 14.5 Å². The summed E-state index contributed by atoms with van der Waals surface area (Å²) in [6.45, 7) is 1.90. The standard InChI is InChI=1S/C23H25N3O5S2/c1-30-20-9-8-16(33(28,29)25-11-13-31-14-12-25)15-17(20)23(27)26-10-4-6-19(26)22-24-18-5-2-3-7-21(18)32-22/h2-3,5,7-9,15,19H,4,6,10-14H2,1H3. The van der Waals surface area contributed by atoms with Gasteiger partial charge in [-0.1, -0.05) is 12.1 Å². The smallest absolute Gasteiger partial charge is 0.258 e. The zero-order valence-corrected chi connectivity index (χ0v) is 19.9. The Bertz CT molecular complexity index is 1250. The number of thiazole rings is 1. The van der Waals surface area contributed by atoms with Crippen molar-refractivity contribution in [2.75, 3.05) is 40.0 Å². The van der Waals surface area contributed by atoms with Crippen molar-refractivity contribution in [3.05, 3.63) is 53.0 Å². The van der Waals surface area contributed by atoms with E-state index in [2.05, 4.69) is 0 Å². The van der Waals surface area contributed by atoms with E-state index in [1.807, 2.05) is 24.3 Å². The molecule has 2 fully saturated rings. The van der Waals surface area contributed by atoms with Crippen LogP contribution in [0.25, 0.3) is 10.2 Å². The molecule has 1 unspecified atom stereocenters. The van der Waals surface area contributed by atoms with E-state index in [1.54, 1.807) is 22.3 Å². The Morgan fingerprint density at radius 2 is 1.94 bits per heavy atom. The van der Waals surface area contributed by atoms with Gasteiger partial charge in [0.1, 0.15) is 10.8 Å². The largest absolute Gasteiger partial charge is 0.496 e. The van der Waals surface area contributed by atoms with Gasteiger partial charge in [-0.2, -0.15) is 4.31 Å². The van der Waals surface area contributed by atoms with Crippen molar-refractivity contribution in [3.8, 4) is 5.75 Å². The lowest BCUT2D eigenvalue weighted by Crippen LogP contribution is -2.40. The van der Waals surface area contributed by atoms with E-state index >= 15 is 0 Å². The minimum absolute atomic E-state index is 0.0873. The molecule has 3 heterocycles. The third-order valence-electron chi connectivity index (χ3n) is 6.12. The van der Waals surface area contributed by atoms with Gasteiger partial charge in [0.05, 0.1) is 47.0 Å². The van der Waals surface area contributed by atoms with Crippen molar-refractivity contribution in [1.82, 2.24) is 14.2 Å². The fourth-order valence-corrected chi connectivity index (χ4v) is 6.95. The molecule has 1 atom stereocenters. The van der Waals surface area contributed by atoms with Gasteiger partial charge < -0.3 is 14.4 Å². The molecule has 0 saturated carbocycles. The van der Waals surface area contributed by atoms with Gasteiger partial charge in [-0.05, 0) is 43.2 Å². The third-order valence-corrected chi connectivity index (χ3v) is 9.15. The van der Waals surface area contributed by atoms with Gasteiger partial charge in [0.25, 0.3) is 5.91 Å². The summed E-state index contributed by atoms with van der Waals surface area (Å²) in [4.78, 5) is 20.3. The summed E-state index contributed by atoms with van der Waals surface area (Å²) in [6, 6.07) is 12.3. The first-order chi connectivity index (χ1) is 16.0. The van der Waals surface area contributed by atoms with Crippen molar-refractivity contribution in [2.24, 2.45) is 0 Å². The topological polar surface area (TPSA) is 89.0 Å². The zero-order valence-electron chi connectivity index (χ0n) is 18.3. The second kappa shape index (κ2) is 9.02. The molecular weight excluding hydrogens is 462 g/mol. The summed E-state index contributed by atoms with van der Waals surface area (Å²) < 4.78 is 39.5. The molecule has 0 bridgehead atoms. The highest BCUT2D eigenvalue weighted by atomic mass is 32.2. The lowest BCUT2D eigenvalue weighted by Gasteiger charge is -2.27. The quantitative estimate of drug-likeness (QED) is 0.549. The molecule has 8 nitrogen and oxygen atoms in total. The molecule has 0 radical (unpaired) electrons. The SMILES string of the molecule is COc1ccc(S(=O)(=O)N2CCOCC2)cc1C(=O)N1CCCC1c1nc2ccccc2s1. The molecule has 174 valence electrons. The fraction of sp³-hybridized carbons (Fsp3) is 0.391. The molecule has 0 N–H and O–H groups in total. The third kappa shape index (κ3) is 4.12. The number of aromatic nitrogens is 1. The second-order valence-electron chi connectivity index (χ2n) is 8.05. The Labute approximate surface area is 196 Å². The number of carbonyl (C=O) groups is 1. The Hall–Kier alpha value is -2.53. The van der Waals surface area contributed by atoms with Crippen molar-refractivity contribution >= 4 is 37.5 Å². The monoisotopic (exact) mass is 487 g/mol. The predicted octanol–water partition coefficient (Wildman–Crippen LogP) is 3.30. The summed E-state index contributed by atoms with van der Waals surface area (Å²) in [5, 5.41) is 0.901. The first-order valence-corrected chi connectivity index (χ1v) is 13.2. The van der Waals surface area contributed by atoms with E-state index in [0.717, 1.165) is 28.1 Å². The lowest BCUT2D eigenvalue weighted by atomic mass is 10.1. The zero-order chi connectivity index (χ0) is 23.0. The molecule has 0 spiro atoms. The number of sulfonamides is 1. The van der Waals surface area contributed by atoms with Crippen molar-refractivity contribution in [1.29, 1.82) is 0 Å². The molecule has 2 saturated heterocycles. The van der Waals surface area contributed by atoms with E-state index in [1.165, 1.54) is 23.5 Å².